The summed E-state index contributed by atoms with van der Waals surface area (Å²) in [5, 5.41) is 17.3. The van der Waals surface area contributed by atoms with Crippen LogP contribution in [0, 0.1) is 5.92 Å². The Morgan fingerprint density at radius 1 is 0.900 bits per heavy atom. The average molecular weight is 288 g/mol. The number of carbonyl (C=O) groups is 1. The fourth-order valence-electron chi connectivity index (χ4n) is 2.18. The fourth-order valence-corrected chi connectivity index (χ4v) is 2.18. The highest BCUT2D eigenvalue weighted by Crippen LogP contribution is 2.13. The summed E-state index contributed by atoms with van der Waals surface area (Å²) in [5.41, 5.74) is 0. The summed E-state index contributed by atoms with van der Waals surface area (Å²) in [6.07, 6.45) is 11.6. The van der Waals surface area contributed by atoms with Crippen LogP contribution in [0.25, 0.3) is 0 Å². The molecule has 4 nitrogen and oxygen atoms in total. The molecule has 0 amide bonds. The Bertz CT molecular complexity index is 219. The zero-order chi connectivity index (χ0) is 15.1. The van der Waals surface area contributed by atoms with E-state index in [2.05, 4.69) is 0 Å². The van der Waals surface area contributed by atoms with Gasteiger partial charge >= 0.3 is 5.97 Å². The first-order valence-electron chi connectivity index (χ1n) is 8.10. The van der Waals surface area contributed by atoms with Crippen molar-refractivity contribution in [2.24, 2.45) is 5.92 Å². The summed E-state index contributed by atoms with van der Waals surface area (Å²) in [4.78, 5) is 10.6. The number of hydrogen-bond acceptors (Lipinski definition) is 3. The zero-order valence-electron chi connectivity index (χ0n) is 13.0. The van der Waals surface area contributed by atoms with E-state index in [4.69, 9.17) is 14.9 Å². The van der Waals surface area contributed by atoms with E-state index in [0.29, 0.717) is 6.61 Å². The second-order valence-electron chi connectivity index (χ2n) is 5.55. The Hall–Kier alpha value is -0.610. The van der Waals surface area contributed by atoms with Gasteiger partial charge in [0.25, 0.3) is 0 Å². The van der Waals surface area contributed by atoms with E-state index in [1.807, 2.05) is 0 Å². The first-order valence-corrected chi connectivity index (χ1v) is 8.10. The standard InChI is InChI=1S/C16H32O4/c1-15(16(18)19)11-9-7-5-3-2-4-6-8-10-13-20-14-12-17/h15,17H,2-14H2,1H3,(H,18,19)/t15-/m0/s1. The molecule has 0 fully saturated rings. The first kappa shape index (κ1) is 19.4. The van der Waals surface area contributed by atoms with Crippen LogP contribution in [0.4, 0.5) is 0 Å². The van der Waals surface area contributed by atoms with Gasteiger partial charge in [-0.15, -0.1) is 0 Å². The molecule has 120 valence electrons. The molecule has 0 bridgehead atoms. The smallest absolute Gasteiger partial charge is 0.306 e. The largest absolute Gasteiger partial charge is 0.481 e. The predicted molar refractivity (Wildman–Crippen MR) is 80.9 cm³/mol. The van der Waals surface area contributed by atoms with Gasteiger partial charge < -0.3 is 14.9 Å². The van der Waals surface area contributed by atoms with E-state index in [9.17, 15) is 4.79 Å². The summed E-state index contributed by atoms with van der Waals surface area (Å²) >= 11 is 0. The SMILES string of the molecule is C[C@@H](CCCCCCCCCCCOCCO)C(=O)O. The van der Waals surface area contributed by atoms with Crippen molar-refractivity contribution in [2.45, 2.75) is 71.1 Å². The van der Waals surface area contributed by atoms with Crippen molar-refractivity contribution in [3.63, 3.8) is 0 Å². The highest BCUT2D eigenvalue weighted by Gasteiger charge is 2.09. The number of carboxylic acid groups (broad SMARTS) is 1. The lowest BCUT2D eigenvalue weighted by atomic mass is 10.0. The number of aliphatic hydroxyl groups excluding tert-OH is 1. The molecular formula is C16H32O4. The van der Waals surface area contributed by atoms with Crippen molar-refractivity contribution in [1.82, 2.24) is 0 Å². The van der Waals surface area contributed by atoms with Crippen LogP contribution >= 0.6 is 0 Å². The number of ether oxygens (including phenoxy) is 1. The second-order valence-corrected chi connectivity index (χ2v) is 5.55. The maximum Gasteiger partial charge on any atom is 0.306 e. The van der Waals surface area contributed by atoms with Crippen LogP contribution in [0.15, 0.2) is 0 Å². The van der Waals surface area contributed by atoms with Gasteiger partial charge in [-0.1, -0.05) is 58.3 Å². The molecule has 0 aliphatic heterocycles. The predicted octanol–water partition coefficient (Wildman–Crippen LogP) is 3.62. The molecule has 0 spiro atoms. The Morgan fingerprint density at radius 3 is 1.90 bits per heavy atom. The van der Waals surface area contributed by atoms with Gasteiger partial charge in [0.15, 0.2) is 0 Å². The van der Waals surface area contributed by atoms with Crippen LogP contribution in [0.5, 0.6) is 0 Å². The van der Waals surface area contributed by atoms with Gasteiger partial charge in [0.2, 0.25) is 0 Å². The quantitative estimate of drug-likeness (QED) is 0.452. The number of rotatable bonds is 15. The minimum absolute atomic E-state index is 0.116. The molecule has 0 aliphatic carbocycles. The molecule has 1 atom stereocenters. The van der Waals surface area contributed by atoms with E-state index in [0.717, 1.165) is 32.3 Å². The van der Waals surface area contributed by atoms with E-state index < -0.39 is 5.97 Å². The van der Waals surface area contributed by atoms with Gasteiger partial charge in [-0.25, -0.2) is 0 Å². The topological polar surface area (TPSA) is 66.8 Å². The molecule has 0 unspecified atom stereocenters. The van der Waals surface area contributed by atoms with Crippen LogP contribution in [0.2, 0.25) is 0 Å². The number of aliphatic carboxylic acids is 1. The first-order chi connectivity index (χ1) is 9.68. The van der Waals surface area contributed by atoms with Crippen LogP contribution in [-0.4, -0.2) is 36.0 Å². The van der Waals surface area contributed by atoms with Crippen molar-refractivity contribution < 1.29 is 19.7 Å². The minimum atomic E-state index is -0.673. The molecule has 0 aromatic rings. The highest BCUT2D eigenvalue weighted by atomic mass is 16.5. The average Bonchev–Trinajstić information content (AvgIpc) is 2.43. The fraction of sp³-hybridized carbons (Fsp3) is 0.938. The Morgan fingerprint density at radius 2 is 1.40 bits per heavy atom. The third-order valence-corrected chi connectivity index (χ3v) is 3.58. The maximum atomic E-state index is 10.6. The third kappa shape index (κ3) is 13.8. The van der Waals surface area contributed by atoms with Gasteiger partial charge in [-0.05, 0) is 12.8 Å². The lowest BCUT2D eigenvalue weighted by Crippen LogP contribution is -2.08. The van der Waals surface area contributed by atoms with E-state index >= 15 is 0 Å². The number of carboxylic acids is 1. The summed E-state index contributed by atoms with van der Waals surface area (Å²) < 4.78 is 5.20. The number of unbranched alkanes of at least 4 members (excludes halogenated alkanes) is 8. The van der Waals surface area contributed by atoms with Crippen LogP contribution in [-0.2, 0) is 9.53 Å². The monoisotopic (exact) mass is 288 g/mol. The lowest BCUT2D eigenvalue weighted by Gasteiger charge is -2.05. The molecule has 0 aliphatic rings. The van der Waals surface area contributed by atoms with Crippen LogP contribution < -0.4 is 0 Å². The molecule has 0 heterocycles. The van der Waals surface area contributed by atoms with Gasteiger partial charge in [0, 0.05) is 6.61 Å². The zero-order valence-corrected chi connectivity index (χ0v) is 13.0. The van der Waals surface area contributed by atoms with E-state index in [1.165, 1.54) is 38.5 Å². The van der Waals surface area contributed by atoms with Crippen molar-refractivity contribution in [3.8, 4) is 0 Å². The van der Waals surface area contributed by atoms with Crippen LogP contribution in [0.3, 0.4) is 0 Å². The third-order valence-electron chi connectivity index (χ3n) is 3.58. The Balaban J connectivity index is 3.04. The van der Waals surface area contributed by atoms with Gasteiger partial charge in [0.1, 0.15) is 0 Å². The summed E-state index contributed by atoms with van der Waals surface area (Å²) in [6.45, 7) is 3.13. The Kier molecular flexibility index (Phi) is 14.3. The molecule has 0 saturated heterocycles. The van der Waals surface area contributed by atoms with Crippen molar-refractivity contribution >= 4 is 5.97 Å². The van der Waals surface area contributed by atoms with Crippen molar-refractivity contribution in [1.29, 1.82) is 0 Å². The summed E-state index contributed by atoms with van der Waals surface area (Å²) in [7, 11) is 0. The van der Waals surface area contributed by atoms with Crippen molar-refractivity contribution in [3.05, 3.63) is 0 Å². The maximum absolute atomic E-state index is 10.6. The molecule has 0 aromatic carbocycles. The normalized spacial score (nSPS) is 12.5. The molecule has 0 radical (unpaired) electrons. The summed E-state index contributed by atoms with van der Waals surface area (Å²) in [5.74, 6) is -0.865. The molecule has 0 aromatic heterocycles. The van der Waals surface area contributed by atoms with Gasteiger partial charge in [-0.2, -0.15) is 0 Å². The molecule has 0 saturated carbocycles. The number of hydrogen-bond donors (Lipinski definition) is 2. The van der Waals surface area contributed by atoms with E-state index in [-0.39, 0.29) is 12.5 Å². The second kappa shape index (κ2) is 14.8. The molecular weight excluding hydrogens is 256 g/mol. The minimum Gasteiger partial charge on any atom is -0.481 e. The Labute approximate surface area is 123 Å². The van der Waals surface area contributed by atoms with Gasteiger partial charge in [-0.3, -0.25) is 4.79 Å². The van der Waals surface area contributed by atoms with E-state index in [1.54, 1.807) is 6.92 Å². The van der Waals surface area contributed by atoms with Gasteiger partial charge in [0.05, 0.1) is 19.1 Å². The number of aliphatic hydroxyl groups is 1. The van der Waals surface area contributed by atoms with Crippen molar-refractivity contribution in [2.75, 3.05) is 19.8 Å². The molecule has 20 heavy (non-hydrogen) atoms. The molecule has 4 heteroatoms. The summed E-state index contributed by atoms with van der Waals surface area (Å²) in [6, 6.07) is 0. The highest BCUT2D eigenvalue weighted by molar-refractivity contribution is 5.69. The lowest BCUT2D eigenvalue weighted by molar-refractivity contribution is -0.141. The van der Waals surface area contributed by atoms with Crippen LogP contribution in [0.1, 0.15) is 71.1 Å². The molecule has 2 N–H and O–H groups in total. The molecule has 0 rings (SSSR count).